The lowest BCUT2D eigenvalue weighted by atomic mass is 10.0. The highest BCUT2D eigenvalue weighted by molar-refractivity contribution is 7.13. The van der Waals surface area contributed by atoms with Crippen LogP contribution in [0.1, 0.15) is 17.5 Å². The van der Waals surface area contributed by atoms with Crippen LogP contribution in [-0.4, -0.2) is 16.1 Å². The Morgan fingerprint density at radius 1 is 1.47 bits per heavy atom. The highest BCUT2D eigenvalue weighted by atomic mass is 32.1. The lowest BCUT2D eigenvalue weighted by Gasteiger charge is -2.05. The van der Waals surface area contributed by atoms with Gasteiger partial charge in [0, 0.05) is 23.6 Å². The van der Waals surface area contributed by atoms with E-state index in [1.165, 1.54) is 0 Å². The first kappa shape index (κ1) is 11.8. The molecule has 0 unspecified atom stereocenters. The summed E-state index contributed by atoms with van der Waals surface area (Å²) in [6.45, 7) is 2.03. The molecule has 0 bridgehead atoms. The van der Waals surface area contributed by atoms with Gasteiger partial charge in [-0.2, -0.15) is 0 Å². The molecule has 0 aliphatic carbocycles. The maximum absolute atomic E-state index is 10.5. The average Bonchev–Trinajstić information content (AvgIpc) is 2.79. The van der Waals surface area contributed by atoms with Gasteiger partial charge >= 0.3 is 5.97 Å². The van der Waals surface area contributed by atoms with E-state index in [1.807, 2.05) is 30.5 Å². The van der Waals surface area contributed by atoms with Crippen molar-refractivity contribution in [2.45, 2.75) is 19.8 Å². The first-order chi connectivity index (χ1) is 8.16. The highest BCUT2D eigenvalue weighted by Gasteiger charge is 2.06. The van der Waals surface area contributed by atoms with Crippen LogP contribution in [0.15, 0.2) is 29.8 Å². The van der Waals surface area contributed by atoms with Gasteiger partial charge in [0.05, 0.1) is 0 Å². The molecule has 17 heavy (non-hydrogen) atoms. The topological polar surface area (TPSA) is 50.2 Å². The molecule has 2 rings (SSSR count). The number of aromatic nitrogens is 1. The fraction of sp³-hybridized carbons (Fsp3) is 0.231. The van der Waals surface area contributed by atoms with Crippen LogP contribution < -0.4 is 0 Å². The second-order valence-corrected chi connectivity index (χ2v) is 4.77. The van der Waals surface area contributed by atoms with Gasteiger partial charge in [0.25, 0.3) is 0 Å². The lowest BCUT2D eigenvalue weighted by Crippen LogP contribution is -1.97. The van der Waals surface area contributed by atoms with Crippen LogP contribution in [0.5, 0.6) is 0 Å². The zero-order valence-corrected chi connectivity index (χ0v) is 10.3. The summed E-state index contributed by atoms with van der Waals surface area (Å²) in [6, 6.07) is 6.04. The minimum absolute atomic E-state index is 0.177. The van der Waals surface area contributed by atoms with Gasteiger partial charge in [-0.15, -0.1) is 11.3 Å². The van der Waals surface area contributed by atoms with Crippen molar-refractivity contribution in [3.8, 4) is 10.6 Å². The molecule has 3 nitrogen and oxygen atoms in total. The van der Waals surface area contributed by atoms with Gasteiger partial charge in [-0.25, -0.2) is 4.98 Å². The molecule has 0 amide bonds. The molecule has 1 aromatic heterocycles. The third-order valence-corrected chi connectivity index (χ3v) is 3.39. The van der Waals surface area contributed by atoms with Crippen LogP contribution in [0.25, 0.3) is 10.6 Å². The van der Waals surface area contributed by atoms with Gasteiger partial charge in [-0.3, -0.25) is 4.79 Å². The fourth-order valence-electron chi connectivity index (χ4n) is 1.73. The third kappa shape index (κ3) is 2.91. The van der Waals surface area contributed by atoms with Gasteiger partial charge in [0.1, 0.15) is 5.01 Å². The Labute approximate surface area is 104 Å². The van der Waals surface area contributed by atoms with Crippen molar-refractivity contribution >= 4 is 17.3 Å². The van der Waals surface area contributed by atoms with Gasteiger partial charge < -0.3 is 5.11 Å². The van der Waals surface area contributed by atoms with Gasteiger partial charge in [0.15, 0.2) is 0 Å². The van der Waals surface area contributed by atoms with E-state index < -0.39 is 5.97 Å². The van der Waals surface area contributed by atoms with E-state index >= 15 is 0 Å². The molecule has 0 aliphatic rings. The predicted molar refractivity (Wildman–Crippen MR) is 68.2 cm³/mol. The molecule has 0 fully saturated rings. The third-order valence-electron chi connectivity index (χ3n) is 2.58. The number of thiazole rings is 1. The number of hydrogen-bond acceptors (Lipinski definition) is 3. The normalized spacial score (nSPS) is 10.4. The molecule has 1 N–H and O–H groups in total. The molecule has 0 spiro atoms. The number of aryl methyl sites for hydroxylation is 2. The van der Waals surface area contributed by atoms with E-state index in [2.05, 4.69) is 4.98 Å². The monoisotopic (exact) mass is 247 g/mol. The van der Waals surface area contributed by atoms with Crippen LogP contribution in [0.2, 0.25) is 0 Å². The summed E-state index contributed by atoms with van der Waals surface area (Å²) in [5, 5.41) is 11.6. The van der Waals surface area contributed by atoms with Crippen molar-refractivity contribution in [1.82, 2.24) is 4.98 Å². The first-order valence-electron chi connectivity index (χ1n) is 5.38. The Morgan fingerprint density at radius 3 is 2.88 bits per heavy atom. The van der Waals surface area contributed by atoms with E-state index in [0.29, 0.717) is 6.42 Å². The Morgan fingerprint density at radius 2 is 2.29 bits per heavy atom. The Kier molecular flexibility index (Phi) is 3.54. The number of carboxylic acid groups (broad SMARTS) is 1. The molecule has 0 atom stereocenters. The Hall–Kier alpha value is -1.68. The standard InChI is InChI=1S/C13H13NO2S/c1-9-8-10(3-5-12(15)16)2-4-11(9)13-14-6-7-17-13/h2,4,6-8H,3,5H2,1H3,(H,15,16). The maximum atomic E-state index is 10.5. The quantitative estimate of drug-likeness (QED) is 0.903. The van der Waals surface area contributed by atoms with Crippen LogP contribution in [-0.2, 0) is 11.2 Å². The van der Waals surface area contributed by atoms with E-state index in [9.17, 15) is 4.79 Å². The fourth-order valence-corrected chi connectivity index (χ4v) is 2.46. The number of rotatable bonds is 4. The van der Waals surface area contributed by atoms with E-state index in [-0.39, 0.29) is 6.42 Å². The van der Waals surface area contributed by atoms with Crippen LogP contribution in [0.4, 0.5) is 0 Å². The summed E-state index contributed by atoms with van der Waals surface area (Å²) in [6.07, 6.45) is 2.54. The number of benzene rings is 1. The van der Waals surface area contributed by atoms with Crippen molar-refractivity contribution in [2.24, 2.45) is 0 Å². The number of hydrogen-bond donors (Lipinski definition) is 1. The summed E-state index contributed by atoms with van der Waals surface area (Å²) in [7, 11) is 0. The van der Waals surface area contributed by atoms with E-state index in [1.54, 1.807) is 17.5 Å². The first-order valence-corrected chi connectivity index (χ1v) is 6.26. The number of carbonyl (C=O) groups is 1. The summed E-state index contributed by atoms with van der Waals surface area (Å²) in [5.41, 5.74) is 3.33. The minimum atomic E-state index is -0.758. The molecule has 88 valence electrons. The SMILES string of the molecule is Cc1cc(CCC(=O)O)ccc1-c1nccs1. The van der Waals surface area contributed by atoms with Crippen molar-refractivity contribution in [1.29, 1.82) is 0 Å². The average molecular weight is 247 g/mol. The molecule has 1 heterocycles. The van der Waals surface area contributed by atoms with Crippen molar-refractivity contribution in [3.63, 3.8) is 0 Å². The molecular weight excluding hydrogens is 234 g/mol. The summed E-state index contributed by atoms with van der Waals surface area (Å²) < 4.78 is 0. The molecule has 4 heteroatoms. The summed E-state index contributed by atoms with van der Waals surface area (Å²) in [5.74, 6) is -0.758. The number of nitrogens with zero attached hydrogens (tertiary/aromatic N) is 1. The molecule has 2 aromatic rings. The van der Waals surface area contributed by atoms with Crippen molar-refractivity contribution in [2.75, 3.05) is 0 Å². The molecule has 0 saturated carbocycles. The van der Waals surface area contributed by atoms with Crippen molar-refractivity contribution in [3.05, 3.63) is 40.9 Å². The molecule has 0 saturated heterocycles. The van der Waals surface area contributed by atoms with Crippen molar-refractivity contribution < 1.29 is 9.90 Å². The molecule has 1 aromatic carbocycles. The van der Waals surface area contributed by atoms with Gasteiger partial charge in [-0.05, 0) is 24.5 Å². The maximum Gasteiger partial charge on any atom is 0.303 e. The molecule has 0 radical (unpaired) electrons. The van der Waals surface area contributed by atoms with Crippen LogP contribution in [0.3, 0.4) is 0 Å². The minimum Gasteiger partial charge on any atom is -0.481 e. The largest absolute Gasteiger partial charge is 0.481 e. The van der Waals surface area contributed by atoms with Gasteiger partial charge in [-0.1, -0.05) is 18.2 Å². The summed E-state index contributed by atoms with van der Waals surface area (Å²) >= 11 is 1.61. The van der Waals surface area contributed by atoms with Crippen LogP contribution >= 0.6 is 11.3 Å². The van der Waals surface area contributed by atoms with Crippen LogP contribution in [0, 0.1) is 6.92 Å². The Balaban J connectivity index is 2.20. The molecular formula is C13H13NO2S. The highest BCUT2D eigenvalue weighted by Crippen LogP contribution is 2.26. The second kappa shape index (κ2) is 5.10. The lowest BCUT2D eigenvalue weighted by molar-refractivity contribution is -0.136. The number of carboxylic acids is 1. The smallest absolute Gasteiger partial charge is 0.303 e. The van der Waals surface area contributed by atoms with E-state index in [0.717, 1.165) is 21.7 Å². The number of aliphatic carboxylic acids is 1. The predicted octanol–water partition coefficient (Wildman–Crippen LogP) is 3.14. The Bertz CT molecular complexity index is 520. The second-order valence-electron chi connectivity index (χ2n) is 3.88. The zero-order chi connectivity index (χ0) is 12.3. The van der Waals surface area contributed by atoms with E-state index in [4.69, 9.17) is 5.11 Å². The molecule has 0 aliphatic heterocycles. The van der Waals surface area contributed by atoms with Gasteiger partial charge in [0.2, 0.25) is 0 Å². The summed E-state index contributed by atoms with van der Waals surface area (Å²) in [4.78, 5) is 14.8. The zero-order valence-electron chi connectivity index (χ0n) is 9.51.